The largest absolute Gasteiger partial charge is 0.283 e. The Morgan fingerprint density at radius 3 is 3.06 bits per heavy atom. The standard InChI is InChI=1S/C12H10ClN5/c13-6-16-8-15-12-9-3-1-2-4-10(9)17-7-14-5-11(17)18(12)16/h1-5,7H,6,8H2. The first kappa shape index (κ1) is 10.1. The van der Waals surface area contributed by atoms with E-state index in [0.717, 1.165) is 22.9 Å². The Balaban J connectivity index is 2.00. The summed E-state index contributed by atoms with van der Waals surface area (Å²) in [6.45, 7) is 0.582. The number of amidine groups is 1. The zero-order chi connectivity index (χ0) is 12.1. The van der Waals surface area contributed by atoms with E-state index >= 15 is 0 Å². The first-order valence-electron chi connectivity index (χ1n) is 5.67. The molecule has 3 heterocycles. The molecule has 1 aromatic carbocycles. The second-order valence-corrected chi connectivity index (χ2v) is 4.44. The number of benzene rings is 1. The lowest BCUT2D eigenvalue weighted by atomic mass is 10.1. The third kappa shape index (κ3) is 1.15. The van der Waals surface area contributed by atoms with Crippen molar-refractivity contribution in [3.05, 3.63) is 42.4 Å². The van der Waals surface area contributed by atoms with Crippen LogP contribution in [-0.4, -0.2) is 33.1 Å². The molecule has 18 heavy (non-hydrogen) atoms. The minimum atomic E-state index is 0.403. The molecular formula is C12H10ClN5. The molecule has 0 radical (unpaired) electrons. The number of halogens is 1. The fraction of sp³-hybridized carbons (Fsp3) is 0.167. The van der Waals surface area contributed by atoms with Gasteiger partial charge in [0.05, 0.1) is 17.9 Å². The number of hydrogen-bond acceptors (Lipinski definition) is 4. The van der Waals surface area contributed by atoms with Crippen molar-refractivity contribution in [1.29, 1.82) is 0 Å². The summed E-state index contributed by atoms with van der Waals surface area (Å²) in [7, 11) is 0. The van der Waals surface area contributed by atoms with E-state index in [1.165, 1.54) is 0 Å². The summed E-state index contributed by atoms with van der Waals surface area (Å²) < 4.78 is 2.05. The van der Waals surface area contributed by atoms with E-state index in [4.69, 9.17) is 11.6 Å². The normalized spacial score (nSPS) is 17.2. The quantitative estimate of drug-likeness (QED) is 0.579. The number of rotatable bonds is 1. The number of hydrogen-bond donors (Lipinski definition) is 0. The van der Waals surface area contributed by atoms with Gasteiger partial charge in [-0.3, -0.25) is 4.57 Å². The highest BCUT2D eigenvalue weighted by Gasteiger charge is 2.35. The van der Waals surface area contributed by atoms with E-state index in [2.05, 4.69) is 26.7 Å². The molecule has 6 heteroatoms. The third-order valence-electron chi connectivity index (χ3n) is 3.25. The Morgan fingerprint density at radius 1 is 1.28 bits per heavy atom. The van der Waals surface area contributed by atoms with Gasteiger partial charge in [0.1, 0.15) is 13.0 Å². The summed E-state index contributed by atoms with van der Waals surface area (Å²) in [6, 6.07) is 8.59. The van der Waals surface area contributed by atoms with Crippen molar-refractivity contribution >= 4 is 23.3 Å². The molecule has 2 aliphatic rings. The monoisotopic (exact) mass is 259 g/mol. The van der Waals surface area contributed by atoms with Crippen LogP contribution in [-0.2, 0) is 0 Å². The number of aromatic nitrogens is 2. The highest BCUT2D eigenvalue weighted by atomic mass is 35.5. The molecule has 5 nitrogen and oxygen atoms in total. The second-order valence-electron chi connectivity index (χ2n) is 4.20. The summed E-state index contributed by atoms with van der Waals surface area (Å²) in [6.07, 6.45) is 3.64. The molecule has 2 aliphatic heterocycles. The molecule has 0 amide bonds. The Labute approximate surface area is 109 Å². The Kier molecular flexibility index (Phi) is 2.00. The number of hydrazine groups is 1. The van der Waals surface area contributed by atoms with E-state index in [1.807, 2.05) is 34.7 Å². The van der Waals surface area contributed by atoms with Gasteiger partial charge < -0.3 is 0 Å². The van der Waals surface area contributed by atoms with Gasteiger partial charge in [-0.1, -0.05) is 12.1 Å². The molecule has 0 bridgehead atoms. The van der Waals surface area contributed by atoms with E-state index in [9.17, 15) is 0 Å². The number of imidazole rings is 1. The zero-order valence-corrected chi connectivity index (χ0v) is 10.2. The number of fused-ring (bicyclic) bond motifs is 6. The fourth-order valence-corrected chi connectivity index (χ4v) is 2.64. The summed E-state index contributed by atoms with van der Waals surface area (Å²) in [4.78, 5) is 8.80. The molecule has 1 aromatic heterocycles. The van der Waals surface area contributed by atoms with Gasteiger partial charge in [0.15, 0.2) is 11.7 Å². The van der Waals surface area contributed by atoms with Crippen molar-refractivity contribution < 1.29 is 0 Å². The Hall–Kier alpha value is -1.85. The molecule has 0 saturated carbocycles. The number of aliphatic imine (C=N–C) groups is 1. The van der Waals surface area contributed by atoms with Crippen molar-refractivity contribution in [1.82, 2.24) is 14.6 Å². The topological polar surface area (TPSA) is 36.7 Å². The number of anilines is 1. The van der Waals surface area contributed by atoms with Gasteiger partial charge in [-0.15, -0.1) is 11.6 Å². The fourth-order valence-electron chi connectivity index (χ4n) is 2.46. The molecule has 2 aromatic rings. The number of para-hydroxylation sites is 1. The van der Waals surface area contributed by atoms with Crippen molar-refractivity contribution in [3.8, 4) is 5.69 Å². The smallest absolute Gasteiger partial charge is 0.155 e. The van der Waals surface area contributed by atoms with Crippen molar-refractivity contribution in [2.24, 2.45) is 4.99 Å². The van der Waals surface area contributed by atoms with Crippen molar-refractivity contribution in [2.45, 2.75) is 0 Å². The van der Waals surface area contributed by atoms with E-state index in [1.54, 1.807) is 0 Å². The van der Waals surface area contributed by atoms with Gasteiger partial charge in [-0.05, 0) is 12.1 Å². The van der Waals surface area contributed by atoms with Gasteiger partial charge in [0.2, 0.25) is 0 Å². The van der Waals surface area contributed by atoms with Crippen molar-refractivity contribution in [2.75, 3.05) is 17.7 Å². The second kappa shape index (κ2) is 3.57. The van der Waals surface area contributed by atoms with E-state index in [0.29, 0.717) is 12.7 Å². The van der Waals surface area contributed by atoms with Crippen LogP contribution in [0.3, 0.4) is 0 Å². The van der Waals surface area contributed by atoms with Crippen LogP contribution in [0.2, 0.25) is 0 Å². The average Bonchev–Trinajstić information content (AvgIpc) is 3.05. The van der Waals surface area contributed by atoms with Crippen LogP contribution in [0.1, 0.15) is 5.56 Å². The van der Waals surface area contributed by atoms with Crippen LogP contribution in [0, 0.1) is 0 Å². The van der Waals surface area contributed by atoms with Crippen LogP contribution >= 0.6 is 11.6 Å². The summed E-state index contributed by atoms with van der Waals surface area (Å²) in [5.74, 6) is 1.92. The number of alkyl halides is 1. The molecule has 0 unspecified atom stereocenters. The molecule has 0 fully saturated rings. The first-order chi connectivity index (χ1) is 8.90. The van der Waals surface area contributed by atoms with Crippen LogP contribution in [0.4, 0.5) is 5.82 Å². The minimum absolute atomic E-state index is 0.403. The van der Waals surface area contributed by atoms with E-state index < -0.39 is 0 Å². The van der Waals surface area contributed by atoms with Crippen LogP contribution < -0.4 is 5.01 Å². The highest BCUT2D eigenvalue weighted by Crippen LogP contribution is 2.33. The molecule has 0 atom stereocenters. The lowest BCUT2D eigenvalue weighted by Gasteiger charge is -2.33. The van der Waals surface area contributed by atoms with Crippen molar-refractivity contribution in [3.63, 3.8) is 0 Å². The first-order valence-corrected chi connectivity index (χ1v) is 6.21. The Morgan fingerprint density at radius 2 is 2.17 bits per heavy atom. The predicted molar refractivity (Wildman–Crippen MR) is 70.0 cm³/mol. The van der Waals surface area contributed by atoms with Crippen LogP contribution in [0.25, 0.3) is 5.69 Å². The minimum Gasteiger partial charge on any atom is -0.283 e. The van der Waals surface area contributed by atoms with Gasteiger partial charge in [-0.25, -0.2) is 15.0 Å². The lowest BCUT2D eigenvalue weighted by molar-refractivity contribution is 0.364. The molecule has 0 aliphatic carbocycles. The SMILES string of the molecule is ClCN1CN=C2c3ccccc3-n3cncc3N21. The lowest BCUT2D eigenvalue weighted by Crippen LogP contribution is -2.44. The Bertz CT molecular complexity index is 647. The third-order valence-corrected chi connectivity index (χ3v) is 3.52. The maximum atomic E-state index is 5.97. The predicted octanol–water partition coefficient (Wildman–Crippen LogP) is 1.82. The molecule has 0 N–H and O–H groups in total. The highest BCUT2D eigenvalue weighted by molar-refractivity contribution is 6.19. The molecular weight excluding hydrogens is 250 g/mol. The molecule has 90 valence electrons. The van der Waals surface area contributed by atoms with Gasteiger partial charge >= 0.3 is 0 Å². The molecule has 0 saturated heterocycles. The number of nitrogens with zero attached hydrogens (tertiary/aromatic N) is 5. The average molecular weight is 260 g/mol. The summed E-state index contributed by atoms with van der Waals surface area (Å²) in [5, 5.41) is 4.00. The van der Waals surface area contributed by atoms with Gasteiger partial charge in [-0.2, -0.15) is 5.01 Å². The maximum absolute atomic E-state index is 5.97. The zero-order valence-electron chi connectivity index (χ0n) is 9.49. The van der Waals surface area contributed by atoms with E-state index in [-0.39, 0.29) is 0 Å². The van der Waals surface area contributed by atoms with Crippen LogP contribution in [0.15, 0.2) is 41.8 Å². The van der Waals surface area contributed by atoms with Crippen LogP contribution in [0.5, 0.6) is 0 Å². The molecule has 4 rings (SSSR count). The maximum Gasteiger partial charge on any atom is 0.155 e. The van der Waals surface area contributed by atoms with Gasteiger partial charge in [0, 0.05) is 5.56 Å². The summed E-state index contributed by atoms with van der Waals surface area (Å²) >= 11 is 5.97. The molecule has 0 spiro atoms. The summed E-state index contributed by atoms with van der Waals surface area (Å²) in [5.41, 5.74) is 2.21. The van der Waals surface area contributed by atoms with Gasteiger partial charge in [0.25, 0.3) is 0 Å².